The molecule has 0 saturated carbocycles. The quantitative estimate of drug-likeness (QED) is 0.376. The van der Waals surface area contributed by atoms with Gasteiger partial charge in [-0.05, 0) is 13.3 Å². The molecule has 2 heteroatoms. The summed E-state index contributed by atoms with van der Waals surface area (Å²) in [6, 6.07) is 0. The van der Waals surface area contributed by atoms with Gasteiger partial charge < -0.3 is 4.79 Å². The number of carbonyl (C=O) groups is 1. The Morgan fingerprint density at radius 2 is 2.17 bits per heavy atom. The summed E-state index contributed by atoms with van der Waals surface area (Å²) < 4.78 is 0. The molecule has 0 unspecified atom stereocenters. The topological polar surface area (TPSA) is 17.1 Å². The van der Waals surface area contributed by atoms with Gasteiger partial charge in [0.1, 0.15) is 6.29 Å². The maximum absolute atomic E-state index is 9.63. The van der Waals surface area contributed by atoms with Gasteiger partial charge in [0.05, 0.1) is 0 Å². The van der Waals surface area contributed by atoms with Gasteiger partial charge in [-0.25, -0.2) is 0 Å². The van der Waals surface area contributed by atoms with E-state index in [1.807, 2.05) is 0 Å². The van der Waals surface area contributed by atoms with Crippen LogP contribution in [0.25, 0.3) is 0 Å². The van der Waals surface area contributed by atoms with Crippen LogP contribution >= 0.6 is 7.92 Å². The Morgan fingerprint density at radius 1 is 1.67 bits per heavy atom. The molecule has 6 heavy (non-hydrogen) atoms. The Kier molecular flexibility index (Phi) is 3.35. The summed E-state index contributed by atoms with van der Waals surface area (Å²) in [6.45, 7) is 4.17. The van der Waals surface area contributed by atoms with Crippen LogP contribution in [0.5, 0.6) is 0 Å². The summed E-state index contributed by atoms with van der Waals surface area (Å²) in [5.74, 6) is 0. The molecule has 0 radical (unpaired) electrons. The molecule has 0 heterocycles. The Morgan fingerprint density at radius 3 is 2.17 bits per heavy atom. The minimum absolute atomic E-state index is 0.0314. The van der Waals surface area contributed by atoms with Gasteiger partial charge in [-0.15, -0.1) is 7.92 Å². The fourth-order valence-corrected chi connectivity index (χ4v) is 0.447. The summed E-state index contributed by atoms with van der Waals surface area (Å²) in [6.07, 6.45) is 1.74. The van der Waals surface area contributed by atoms with Crippen molar-refractivity contribution in [2.45, 2.75) is 0 Å². The van der Waals surface area contributed by atoms with Gasteiger partial charge in [0.15, 0.2) is 0 Å². The highest BCUT2D eigenvalue weighted by atomic mass is 31.1. The fraction of sp³-hybridized carbons (Fsp3) is 0.750. The third-order valence-corrected chi connectivity index (χ3v) is 1.32. The molecule has 0 aromatic rings. The predicted octanol–water partition coefficient (Wildman–Crippen LogP) is 0.927. The van der Waals surface area contributed by atoms with Crippen LogP contribution in [0.2, 0.25) is 0 Å². The summed E-state index contributed by atoms with van der Waals surface area (Å²) >= 11 is 0. The first-order valence-electron chi connectivity index (χ1n) is 1.85. The molecule has 0 fully saturated rings. The zero-order valence-electron chi connectivity index (χ0n) is 4.14. The van der Waals surface area contributed by atoms with Crippen molar-refractivity contribution in [2.75, 3.05) is 19.5 Å². The van der Waals surface area contributed by atoms with E-state index in [9.17, 15) is 4.79 Å². The molecule has 0 aliphatic carbocycles. The van der Waals surface area contributed by atoms with E-state index in [-0.39, 0.29) is 7.92 Å². The van der Waals surface area contributed by atoms with Crippen LogP contribution in [0, 0.1) is 0 Å². The van der Waals surface area contributed by atoms with Crippen LogP contribution in [0.4, 0.5) is 0 Å². The number of hydrogen-bond donors (Lipinski definition) is 0. The van der Waals surface area contributed by atoms with E-state index in [4.69, 9.17) is 0 Å². The van der Waals surface area contributed by atoms with E-state index in [0.717, 1.165) is 12.4 Å². The number of carbonyl (C=O) groups excluding carboxylic acids is 1. The van der Waals surface area contributed by atoms with E-state index in [2.05, 4.69) is 13.3 Å². The molecule has 0 spiro atoms. The third-order valence-electron chi connectivity index (χ3n) is 0.440. The average Bonchev–Trinajstić information content (AvgIpc) is 1.35. The lowest BCUT2D eigenvalue weighted by atomic mass is 10.9. The van der Waals surface area contributed by atoms with Crippen molar-refractivity contribution >= 4 is 14.2 Å². The van der Waals surface area contributed by atoms with Crippen LogP contribution in [-0.2, 0) is 4.79 Å². The first kappa shape index (κ1) is 6.10. The second-order valence-corrected chi connectivity index (χ2v) is 3.95. The van der Waals surface area contributed by atoms with Gasteiger partial charge >= 0.3 is 0 Å². The zero-order chi connectivity index (χ0) is 4.99. The Bertz CT molecular complexity index is 42.8. The van der Waals surface area contributed by atoms with Crippen LogP contribution in [0.1, 0.15) is 0 Å². The molecule has 36 valence electrons. The van der Waals surface area contributed by atoms with Gasteiger partial charge in [-0.1, -0.05) is 0 Å². The minimum atomic E-state index is 0.0314. The zero-order valence-corrected chi connectivity index (χ0v) is 5.03. The summed E-state index contributed by atoms with van der Waals surface area (Å²) in [7, 11) is 0.0314. The van der Waals surface area contributed by atoms with Gasteiger partial charge in [-0.2, -0.15) is 0 Å². The van der Waals surface area contributed by atoms with Crippen molar-refractivity contribution in [1.29, 1.82) is 0 Å². The molecule has 0 aromatic heterocycles. The maximum atomic E-state index is 9.63. The largest absolute Gasteiger partial charge is 0.303 e. The molecule has 0 rings (SSSR count). The highest BCUT2D eigenvalue weighted by Gasteiger charge is 1.84. The number of rotatable bonds is 2. The van der Waals surface area contributed by atoms with Crippen molar-refractivity contribution in [2.24, 2.45) is 0 Å². The molecule has 0 aliphatic heterocycles. The summed E-state index contributed by atoms with van der Waals surface area (Å²) in [5.41, 5.74) is 0. The van der Waals surface area contributed by atoms with Crippen LogP contribution in [0.15, 0.2) is 0 Å². The molecule has 0 saturated heterocycles. The highest BCUT2D eigenvalue weighted by Crippen LogP contribution is 2.20. The van der Waals surface area contributed by atoms with Gasteiger partial charge in [0, 0.05) is 6.16 Å². The van der Waals surface area contributed by atoms with Crippen molar-refractivity contribution in [3.63, 3.8) is 0 Å². The molecule has 0 N–H and O–H groups in total. The Hall–Kier alpha value is 0.100. The first-order chi connectivity index (χ1) is 2.77. The van der Waals surface area contributed by atoms with E-state index < -0.39 is 0 Å². The fourth-order valence-electron chi connectivity index (χ4n) is 0.149. The smallest absolute Gasteiger partial charge is 0.124 e. The molecule has 0 aliphatic rings. The minimum Gasteiger partial charge on any atom is -0.303 e. The number of aldehydes is 1. The molecule has 0 atom stereocenters. The van der Waals surface area contributed by atoms with Crippen LogP contribution < -0.4 is 0 Å². The molecular weight excluding hydrogens is 95.0 g/mol. The molecule has 1 nitrogen and oxygen atoms in total. The normalized spacial score (nSPS) is 9.17. The molecule has 0 bridgehead atoms. The molecule has 0 aromatic carbocycles. The number of hydrogen-bond acceptors (Lipinski definition) is 1. The van der Waals surface area contributed by atoms with E-state index in [0.29, 0.717) is 0 Å². The van der Waals surface area contributed by atoms with Crippen LogP contribution in [-0.4, -0.2) is 25.8 Å². The second kappa shape index (κ2) is 3.30. The van der Waals surface area contributed by atoms with Gasteiger partial charge in [-0.3, -0.25) is 0 Å². The lowest BCUT2D eigenvalue weighted by molar-refractivity contribution is -0.105. The van der Waals surface area contributed by atoms with Crippen molar-refractivity contribution < 1.29 is 4.79 Å². The monoisotopic (exact) mass is 104 g/mol. The SMILES string of the molecule is CP(C)CC=O. The lowest BCUT2D eigenvalue weighted by Gasteiger charge is -1.91. The third kappa shape index (κ3) is 4.10. The van der Waals surface area contributed by atoms with E-state index >= 15 is 0 Å². The second-order valence-electron chi connectivity index (χ2n) is 1.43. The van der Waals surface area contributed by atoms with Gasteiger partial charge in [0.2, 0.25) is 0 Å². The average molecular weight is 104 g/mol. The molecular formula is C4H9OP. The molecule has 0 amide bonds. The van der Waals surface area contributed by atoms with E-state index in [1.165, 1.54) is 0 Å². The predicted molar refractivity (Wildman–Crippen MR) is 29.7 cm³/mol. The van der Waals surface area contributed by atoms with Gasteiger partial charge in [0.25, 0.3) is 0 Å². The van der Waals surface area contributed by atoms with Crippen LogP contribution in [0.3, 0.4) is 0 Å². The Balaban J connectivity index is 2.81. The summed E-state index contributed by atoms with van der Waals surface area (Å²) in [5, 5.41) is 0. The lowest BCUT2D eigenvalue weighted by Crippen LogP contribution is -1.78. The highest BCUT2D eigenvalue weighted by molar-refractivity contribution is 7.56. The van der Waals surface area contributed by atoms with Crippen molar-refractivity contribution in [3.05, 3.63) is 0 Å². The standard InChI is InChI=1S/C4H9OP/c1-6(2)4-3-5/h3H,4H2,1-2H3. The van der Waals surface area contributed by atoms with E-state index in [1.54, 1.807) is 0 Å². The maximum Gasteiger partial charge on any atom is 0.124 e. The summed E-state index contributed by atoms with van der Waals surface area (Å²) in [4.78, 5) is 9.63. The Labute approximate surface area is 39.5 Å². The van der Waals surface area contributed by atoms with Crippen molar-refractivity contribution in [1.82, 2.24) is 0 Å². The van der Waals surface area contributed by atoms with Crippen molar-refractivity contribution in [3.8, 4) is 0 Å². The first-order valence-corrected chi connectivity index (χ1v) is 4.28.